The highest BCUT2D eigenvalue weighted by Gasteiger charge is 2.14. The molecule has 1 aromatic rings. The number of rotatable bonds is 4. The molecule has 3 N–H and O–H groups in total. The van der Waals surface area contributed by atoms with Gasteiger partial charge in [0.2, 0.25) is 6.79 Å². The van der Waals surface area contributed by atoms with E-state index in [1.807, 2.05) is 25.2 Å². The van der Waals surface area contributed by atoms with Crippen LogP contribution in [0, 0.1) is 0 Å². The lowest BCUT2D eigenvalue weighted by atomic mass is 10.1. The fourth-order valence-corrected chi connectivity index (χ4v) is 1.66. The Kier molecular flexibility index (Phi) is 3.08. The zero-order valence-corrected chi connectivity index (χ0v) is 8.82. The second-order valence-electron chi connectivity index (χ2n) is 3.61. The standard InChI is InChI=1S/C11H16N2O2/c1-13-9(6-12)4-8-2-3-10-11(5-8)15-7-14-10/h2-3,5,9,13H,4,6-7,12H2,1H3. The molecule has 82 valence electrons. The molecule has 2 rings (SSSR count). The minimum atomic E-state index is 0.311. The Bertz CT molecular complexity index is 337. The molecule has 1 unspecified atom stereocenters. The van der Waals surface area contributed by atoms with Gasteiger partial charge in [0, 0.05) is 12.6 Å². The van der Waals surface area contributed by atoms with Gasteiger partial charge in [0.15, 0.2) is 11.5 Å². The SMILES string of the molecule is CNC(CN)Cc1ccc2c(c1)OCO2. The van der Waals surface area contributed by atoms with E-state index in [1.54, 1.807) is 0 Å². The van der Waals surface area contributed by atoms with Crippen LogP contribution in [-0.4, -0.2) is 26.4 Å². The third-order valence-electron chi connectivity index (χ3n) is 2.61. The van der Waals surface area contributed by atoms with Crippen molar-refractivity contribution in [2.24, 2.45) is 5.73 Å². The smallest absolute Gasteiger partial charge is 0.231 e. The van der Waals surface area contributed by atoms with E-state index >= 15 is 0 Å². The fraction of sp³-hybridized carbons (Fsp3) is 0.455. The minimum absolute atomic E-state index is 0.311. The summed E-state index contributed by atoms with van der Waals surface area (Å²) in [6.07, 6.45) is 0.906. The first-order chi connectivity index (χ1) is 7.33. The van der Waals surface area contributed by atoms with Gasteiger partial charge in [-0.05, 0) is 31.2 Å². The molecule has 0 saturated heterocycles. The molecule has 0 radical (unpaired) electrons. The lowest BCUT2D eigenvalue weighted by molar-refractivity contribution is 0.174. The van der Waals surface area contributed by atoms with E-state index in [0.717, 1.165) is 17.9 Å². The van der Waals surface area contributed by atoms with Crippen LogP contribution in [0.1, 0.15) is 5.56 Å². The number of likely N-dealkylation sites (N-methyl/N-ethyl adjacent to an activating group) is 1. The van der Waals surface area contributed by atoms with Gasteiger partial charge in [0.25, 0.3) is 0 Å². The maximum absolute atomic E-state index is 5.63. The van der Waals surface area contributed by atoms with Crippen molar-refractivity contribution < 1.29 is 9.47 Å². The van der Waals surface area contributed by atoms with Gasteiger partial charge in [-0.2, -0.15) is 0 Å². The summed E-state index contributed by atoms with van der Waals surface area (Å²) in [6, 6.07) is 6.32. The van der Waals surface area contributed by atoms with Crippen LogP contribution < -0.4 is 20.5 Å². The Morgan fingerprint density at radius 3 is 2.93 bits per heavy atom. The first kappa shape index (κ1) is 10.3. The summed E-state index contributed by atoms with van der Waals surface area (Å²) in [4.78, 5) is 0. The van der Waals surface area contributed by atoms with Gasteiger partial charge >= 0.3 is 0 Å². The molecule has 1 heterocycles. The molecule has 1 atom stereocenters. The maximum Gasteiger partial charge on any atom is 0.231 e. The lowest BCUT2D eigenvalue weighted by Gasteiger charge is -2.13. The van der Waals surface area contributed by atoms with E-state index in [0.29, 0.717) is 19.4 Å². The normalized spacial score (nSPS) is 15.3. The molecule has 0 saturated carbocycles. The summed E-state index contributed by atoms with van der Waals surface area (Å²) in [5.41, 5.74) is 6.84. The van der Waals surface area contributed by atoms with Crippen LogP contribution in [0.2, 0.25) is 0 Å². The number of nitrogens with two attached hydrogens (primary N) is 1. The largest absolute Gasteiger partial charge is 0.454 e. The highest BCUT2D eigenvalue weighted by molar-refractivity contribution is 5.44. The molecular formula is C11H16N2O2. The van der Waals surface area contributed by atoms with Crippen molar-refractivity contribution in [1.82, 2.24) is 5.32 Å². The van der Waals surface area contributed by atoms with Crippen LogP contribution in [0.4, 0.5) is 0 Å². The van der Waals surface area contributed by atoms with Crippen LogP contribution in [0.3, 0.4) is 0 Å². The third kappa shape index (κ3) is 2.22. The molecule has 4 nitrogen and oxygen atoms in total. The van der Waals surface area contributed by atoms with Gasteiger partial charge in [0.1, 0.15) is 0 Å². The van der Waals surface area contributed by atoms with Crippen molar-refractivity contribution in [3.8, 4) is 11.5 Å². The van der Waals surface area contributed by atoms with Gasteiger partial charge in [-0.15, -0.1) is 0 Å². The predicted octanol–water partition coefficient (Wildman–Crippen LogP) is 0.504. The molecule has 0 bridgehead atoms. The van der Waals surface area contributed by atoms with Crippen molar-refractivity contribution >= 4 is 0 Å². The van der Waals surface area contributed by atoms with E-state index in [1.165, 1.54) is 5.56 Å². The van der Waals surface area contributed by atoms with E-state index in [9.17, 15) is 0 Å². The summed E-state index contributed by atoms with van der Waals surface area (Å²) in [5, 5.41) is 3.17. The molecule has 0 fully saturated rings. The van der Waals surface area contributed by atoms with Gasteiger partial charge < -0.3 is 20.5 Å². The van der Waals surface area contributed by atoms with Crippen LogP contribution in [0.25, 0.3) is 0 Å². The molecule has 1 aliphatic heterocycles. The van der Waals surface area contributed by atoms with Crippen molar-refractivity contribution in [1.29, 1.82) is 0 Å². The number of hydrogen-bond donors (Lipinski definition) is 2. The molecule has 1 aliphatic rings. The molecular weight excluding hydrogens is 192 g/mol. The molecule has 1 aromatic carbocycles. The molecule has 0 amide bonds. The van der Waals surface area contributed by atoms with Gasteiger partial charge in [0.05, 0.1) is 0 Å². The summed E-state index contributed by atoms with van der Waals surface area (Å²) in [7, 11) is 1.92. The minimum Gasteiger partial charge on any atom is -0.454 e. The van der Waals surface area contributed by atoms with Gasteiger partial charge in [-0.3, -0.25) is 0 Å². The molecule has 0 aromatic heterocycles. The third-order valence-corrected chi connectivity index (χ3v) is 2.61. The first-order valence-electron chi connectivity index (χ1n) is 5.09. The van der Waals surface area contributed by atoms with Crippen LogP contribution >= 0.6 is 0 Å². The average molecular weight is 208 g/mol. The summed E-state index contributed by atoms with van der Waals surface area (Å²) >= 11 is 0. The van der Waals surface area contributed by atoms with E-state index < -0.39 is 0 Å². The molecule has 4 heteroatoms. The van der Waals surface area contributed by atoms with E-state index in [2.05, 4.69) is 5.32 Å². The Labute approximate surface area is 89.4 Å². The van der Waals surface area contributed by atoms with Crippen LogP contribution in [-0.2, 0) is 6.42 Å². The maximum atomic E-state index is 5.63. The first-order valence-corrected chi connectivity index (χ1v) is 5.09. The van der Waals surface area contributed by atoms with Gasteiger partial charge in [-0.1, -0.05) is 6.07 Å². The summed E-state index contributed by atoms with van der Waals surface area (Å²) < 4.78 is 10.6. The predicted molar refractivity (Wildman–Crippen MR) is 58.2 cm³/mol. The zero-order valence-electron chi connectivity index (χ0n) is 8.82. The van der Waals surface area contributed by atoms with Crippen molar-refractivity contribution in [2.75, 3.05) is 20.4 Å². The van der Waals surface area contributed by atoms with Crippen molar-refractivity contribution in [3.63, 3.8) is 0 Å². The summed E-state index contributed by atoms with van der Waals surface area (Å²) in [5.74, 6) is 1.66. The van der Waals surface area contributed by atoms with E-state index in [4.69, 9.17) is 15.2 Å². The van der Waals surface area contributed by atoms with Crippen LogP contribution in [0.5, 0.6) is 11.5 Å². The molecule has 0 spiro atoms. The number of hydrogen-bond acceptors (Lipinski definition) is 4. The van der Waals surface area contributed by atoms with Crippen molar-refractivity contribution in [2.45, 2.75) is 12.5 Å². The highest BCUT2D eigenvalue weighted by Crippen LogP contribution is 2.32. The number of ether oxygens (including phenoxy) is 2. The molecule has 0 aliphatic carbocycles. The number of nitrogens with one attached hydrogen (secondary N) is 1. The second kappa shape index (κ2) is 4.51. The molecule has 15 heavy (non-hydrogen) atoms. The fourth-order valence-electron chi connectivity index (χ4n) is 1.66. The average Bonchev–Trinajstić information content (AvgIpc) is 2.73. The lowest BCUT2D eigenvalue weighted by Crippen LogP contribution is -2.35. The monoisotopic (exact) mass is 208 g/mol. The topological polar surface area (TPSA) is 56.5 Å². The Morgan fingerprint density at radius 2 is 2.20 bits per heavy atom. The Morgan fingerprint density at radius 1 is 1.40 bits per heavy atom. The second-order valence-corrected chi connectivity index (χ2v) is 3.61. The van der Waals surface area contributed by atoms with Gasteiger partial charge in [-0.25, -0.2) is 0 Å². The van der Waals surface area contributed by atoms with E-state index in [-0.39, 0.29) is 0 Å². The highest BCUT2D eigenvalue weighted by atomic mass is 16.7. The zero-order chi connectivity index (χ0) is 10.7. The van der Waals surface area contributed by atoms with Crippen molar-refractivity contribution in [3.05, 3.63) is 23.8 Å². The summed E-state index contributed by atoms with van der Waals surface area (Å²) in [6.45, 7) is 0.954. The Balaban J connectivity index is 2.09. The van der Waals surface area contributed by atoms with Crippen LogP contribution in [0.15, 0.2) is 18.2 Å². The Hall–Kier alpha value is -1.26. The quantitative estimate of drug-likeness (QED) is 0.756. The number of benzene rings is 1. The number of fused-ring (bicyclic) bond motifs is 1.